The predicted octanol–water partition coefficient (Wildman–Crippen LogP) is 3.80. The molecule has 0 bridgehead atoms. The van der Waals surface area contributed by atoms with Gasteiger partial charge in [-0.2, -0.15) is 13.2 Å². The first-order valence-electron chi connectivity index (χ1n) is 7.59. The van der Waals surface area contributed by atoms with Crippen LogP contribution in [0.15, 0.2) is 48.5 Å². The zero-order chi connectivity index (χ0) is 18.3. The van der Waals surface area contributed by atoms with E-state index in [1.165, 1.54) is 19.2 Å². The summed E-state index contributed by atoms with van der Waals surface area (Å²) in [6, 6.07) is 11.8. The molecular formula is C18H18F3NO3. The Morgan fingerprint density at radius 2 is 1.68 bits per heavy atom. The minimum Gasteiger partial charge on any atom is -0.493 e. The quantitative estimate of drug-likeness (QED) is 0.824. The van der Waals surface area contributed by atoms with E-state index in [0.29, 0.717) is 17.1 Å². The molecule has 7 heteroatoms. The summed E-state index contributed by atoms with van der Waals surface area (Å²) in [6.07, 6.45) is -4.24. The fourth-order valence-electron chi connectivity index (χ4n) is 2.09. The zero-order valence-corrected chi connectivity index (χ0v) is 13.6. The third kappa shape index (κ3) is 5.70. The first-order chi connectivity index (χ1) is 11.9. The molecule has 25 heavy (non-hydrogen) atoms. The van der Waals surface area contributed by atoms with Crippen molar-refractivity contribution in [2.45, 2.75) is 19.1 Å². The number of halogens is 3. The molecule has 0 fully saturated rings. The fraction of sp³-hybridized carbons (Fsp3) is 0.278. The van der Waals surface area contributed by atoms with E-state index in [1.807, 2.05) is 6.07 Å². The number of carbonyl (C=O) groups excluding carboxylic acids is 1. The summed E-state index contributed by atoms with van der Waals surface area (Å²) >= 11 is 0. The van der Waals surface area contributed by atoms with Gasteiger partial charge in [0.2, 0.25) is 5.91 Å². The van der Waals surface area contributed by atoms with Gasteiger partial charge in [-0.3, -0.25) is 4.79 Å². The molecule has 0 radical (unpaired) electrons. The van der Waals surface area contributed by atoms with Crippen LogP contribution in [0.5, 0.6) is 11.5 Å². The number of rotatable bonds is 7. The molecule has 0 spiro atoms. The van der Waals surface area contributed by atoms with Crippen LogP contribution in [0.2, 0.25) is 0 Å². The van der Waals surface area contributed by atoms with Crippen LogP contribution in [0.4, 0.5) is 13.2 Å². The Morgan fingerprint density at radius 3 is 2.28 bits per heavy atom. The molecule has 2 aromatic rings. The van der Waals surface area contributed by atoms with Crippen LogP contribution in [0.3, 0.4) is 0 Å². The minimum atomic E-state index is -4.36. The monoisotopic (exact) mass is 353 g/mol. The third-order valence-electron chi connectivity index (χ3n) is 3.43. The van der Waals surface area contributed by atoms with Gasteiger partial charge < -0.3 is 14.8 Å². The lowest BCUT2D eigenvalue weighted by Crippen LogP contribution is -2.24. The Labute approximate surface area is 143 Å². The molecule has 0 saturated heterocycles. The maximum absolute atomic E-state index is 12.5. The van der Waals surface area contributed by atoms with Gasteiger partial charge in [-0.1, -0.05) is 24.3 Å². The smallest absolute Gasteiger partial charge is 0.416 e. The van der Waals surface area contributed by atoms with E-state index in [0.717, 1.165) is 12.1 Å². The van der Waals surface area contributed by atoms with Crippen molar-refractivity contribution in [2.75, 3.05) is 13.7 Å². The average molecular weight is 353 g/mol. The highest BCUT2D eigenvalue weighted by molar-refractivity contribution is 5.76. The normalized spacial score (nSPS) is 11.0. The number of nitrogens with one attached hydrogen (secondary N) is 1. The van der Waals surface area contributed by atoms with Crippen LogP contribution < -0.4 is 14.8 Å². The lowest BCUT2D eigenvalue weighted by molar-refractivity contribution is -0.137. The van der Waals surface area contributed by atoms with Crippen LogP contribution in [0.1, 0.15) is 17.5 Å². The van der Waals surface area contributed by atoms with Crippen LogP contribution in [0.25, 0.3) is 0 Å². The van der Waals surface area contributed by atoms with Crippen LogP contribution in [-0.4, -0.2) is 19.6 Å². The van der Waals surface area contributed by atoms with E-state index in [4.69, 9.17) is 9.47 Å². The number of hydrogen-bond acceptors (Lipinski definition) is 3. The predicted molar refractivity (Wildman–Crippen MR) is 86.4 cm³/mol. The summed E-state index contributed by atoms with van der Waals surface area (Å²) in [5.74, 6) is 0.864. The van der Waals surface area contributed by atoms with Crippen molar-refractivity contribution in [3.63, 3.8) is 0 Å². The second-order valence-electron chi connectivity index (χ2n) is 5.22. The van der Waals surface area contributed by atoms with E-state index in [9.17, 15) is 18.0 Å². The SMILES string of the molecule is COc1ccccc1OCCC(=O)NCc1ccc(C(F)(F)F)cc1. The van der Waals surface area contributed by atoms with E-state index >= 15 is 0 Å². The highest BCUT2D eigenvalue weighted by atomic mass is 19.4. The van der Waals surface area contributed by atoms with Crippen molar-refractivity contribution in [3.05, 3.63) is 59.7 Å². The molecule has 134 valence electrons. The highest BCUT2D eigenvalue weighted by Crippen LogP contribution is 2.29. The van der Waals surface area contributed by atoms with Crippen molar-refractivity contribution < 1.29 is 27.4 Å². The first kappa shape index (κ1) is 18.6. The second kappa shape index (κ2) is 8.41. The van der Waals surface area contributed by atoms with Crippen molar-refractivity contribution in [3.8, 4) is 11.5 Å². The van der Waals surface area contributed by atoms with E-state index in [1.54, 1.807) is 18.2 Å². The molecule has 4 nitrogen and oxygen atoms in total. The Morgan fingerprint density at radius 1 is 1.04 bits per heavy atom. The largest absolute Gasteiger partial charge is 0.493 e. The Bertz CT molecular complexity index is 699. The number of alkyl halides is 3. The van der Waals surface area contributed by atoms with E-state index in [-0.39, 0.29) is 25.5 Å². The van der Waals surface area contributed by atoms with Gasteiger partial charge in [0.15, 0.2) is 11.5 Å². The lowest BCUT2D eigenvalue weighted by Gasteiger charge is -2.11. The molecule has 0 aromatic heterocycles. The molecule has 0 aliphatic heterocycles. The summed E-state index contributed by atoms with van der Waals surface area (Å²) in [5.41, 5.74) is -0.125. The first-order valence-corrected chi connectivity index (χ1v) is 7.59. The fourth-order valence-corrected chi connectivity index (χ4v) is 2.09. The maximum Gasteiger partial charge on any atom is 0.416 e. The summed E-state index contributed by atoms with van der Waals surface area (Å²) < 4.78 is 48.1. The number of methoxy groups -OCH3 is 1. The van der Waals surface area contributed by atoms with Gasteiger partial charge in [-0.05, 0) is 29.8 Å². The van der Waals surface area contributed by atoms with Gasteiger partial charge in [-0.15, -0.1) is 0 Å². The number of benzene rings is 2. The summed E-state index contributed by atoms with van der Waals surface area (Å²) in [4.78, 5) is 11.8. The van der Waals surface area contributed by atoms with Gasteiger partial charge in [0.25, 0.3) is 0 Å². The Kier molecular flexibility index (Phi) is 6.27. The van der Waals surface area contributed by atoms with Gasteiger partial charge in [0, 0.05) is 6.54 Å². The molecule has 2 aromatic carbocycles. The van der Waals surface area contributed by atoms with E-state index < -0.39 is 11.7 Å². The van der Waals surface area contributed by atoms with Gasteiger partial charge in [0.1, 0.15) is 0 Å². The number of ether oxygens (including phenoxy) is 2. The molecule has 1 amide bonds. The molecule has 0 atom stereocenters. The van der Waals surface area contributed by atoms with Crippen molar-refractivity contribution in [2.24, 2.45) is 0 Å². The number of para-hydroxylation sites is 2. The molecule has 2 rings (SSSR count). The van der Waals surface area contributed by atoms with Crippen LogP contribution in [-0.2, 0) is 17.5 Å². The molecule has 0 aliphatic rings. The minimum absolute atomic E-state index is 0.124. The third-order valence-corrected chi connectivity index (χ3v) is 3.43. The van der Waals surface area contributed by atoms with Crippen molar-refractivity contribution in [1.29, 1.82) is 0 Å². The average Bonchev–Trinajstić information content (AvgIpc) is 2.60. The van der Waals surface area contributed by atoms with Gasteiger partial charge >= 0.3 is 6.18 Å². The molecule has 0 aliphatic carbocycles. The molecule has 1 N–H and O–H groups in total. The summed E-state index contributed by atoms with van der Waals surface area (Å²) in [5, 5.41) is 2.64. The molecule has 0 unspecified atom stereocenters. The number of hydrogen-bond donors (Lipinski definition) is 1. The second-order valence-corrected chi connectivity index (χ2v) is 5.22. The van der Waals surface area contributed by atoms with Crippen LogP contribution in [0, 0.1) is 0 Å². The Hall–Kier alpha value is -2.70. The lowest BCUT2D eigenvalue weighted by atomic mass is 10.1. The van der Waals surface area contributed by atoms with E-state index in [2.05, 4.69) is 5.32 Å². The van der Waals surface area contributed by atoms with Crippen LogP contribution >= 0.6 is 0 Å². The van der Waals surface area contributed by atoms with Gasteiger partial charge in [0.05, 0.1) is 25.7 Å². The number of amides is 1. The summed E-state index contributed by atoms with van der Waals surface area (Å²) in [7, 11) is 1.53. The number of carbonyl (C=O) groups is 1. The Balaban J connectivity index is 1.75. The van der Waals surface area contributed by atoms with Crippen molar-refractivity contribution >= 4 is 5.91 Å². The molecular weight excluding hydrogens is 335 g/mol. The molecule has 0 heterocycles. The maximum atomic E-state index is 12.5. The topological polar surface area (TPSA) is 47.6 Å². The highest BCUT2D eigenvalue weighted by Gasteiger charge is 2.29. The zero-order valence-electron chi connectivity index (χ0n) is 13.6. The molecule has 0 saturated carbocycles. The van der Waals surface area contributed by atoms with Crippen molar-refractivity contribution in [1.82, 2.24) is 5.32 Å². The van der Waals surface area contributed by atoms with Gasteiger partial charge in [-0.25, -0.2) is 0 Å². The standard InChI is InChI=1S/C18H18F3NO3/c1-24-15-4-2-3-5-16(15)25-11-10-17(23)22-12-13-6-8-14(9-7-13)18(19,20)21/h2-9H,10-12H2,1H3,(H,22,23). The summed E-state index contributed by atoms with van der Waals surface area (Å²) in [6.45, 7) is 0.324.